The summed E-state index contributed by atoms with van der Waals surface area (Å²) in [6.45, 7) is 0.121. The number of halogens is 1. The highest BCUT2D eigenvalue weighted by Crippen LogP contribution is 2.34. The number of nitro groups is 1. The van der Waals surface area contributed by atoms with Gasteiger partial charge in [-0.25, -0.2) is 4.98 Å². The first-order valence-electron chi connectivity index (χ1n) is 5.72. The fourth-order valence-corrected chi connectivity index (χ4v) is 2.37. The summed E-state index contributed by atoms with van der Waals surface area (Å²) in [5.41, 5.74) is 6.20. The molecule has 0 fully saturated rings. The smallest absolute Gasteiger partial charge is 0.313 e. The zero-order valence-electron chi connectivity index (χ0n) is 10.6. The van der Waals surface area contributed by atoms with Crippen molar-refractivity contribution in [3.63, 3.8) is 0 Å². The van der Waals surface area contributed by atoms with E-state index in [1.807, 2.05) is 28.7 Å². The molecule has 0 aliphatic rings. The van der Waals surface area contributed by atoms with Gasteiger partial charge in [-0.15, -0.1) is 0 Å². The summed E-state index contributed by atoms with van der Waals surface area (Å²) < 4.78 is 6.02. The van der Waals surface area contributed by atoms with E-state index in [2.05, 4.69) is 4.98 Å². The maximum atomic E-state index is 11.1. The van der Waals surface area contributed by atoms with Crippen molar-refractivity contribution in [2.24, 2.45) is 0 Å². The number of anilines is 1. The molecule has 0 radical (unpaired) electrons. The first-order chi connectivity index (χ1) is 10.0. The second-order valence-electron chi connectivity index (χ2n) is 4.06. The van der Waals surface area contributed by atoms with Gasteiger partial charge in [0.2, 0.25) is 5.75 Å². The van der Waals surface area contributed by atoms with E-state index in [9.17, 15) is 10.1 Å². The maximum absolute atomic E-state index is 11.1. The van der Waals surface area contributed by atoms with Gasteiger partial charge in [-0.1, -0.05) is 6.07 Å². The fourth-order valence-electron chi connectivity index (χ4n) is 1.60. The lowest BCUT2D eigenvalue weighted by Crippen LogP contribution is -2.02. The molecule has 0 atom stereocenters. The Hall–Kier alpha value is -2.41. The second kappa shape index (κ2) is 6.36. The summed E-state index contributed by atoms with van der Waals surface area (Å²) in [7, 11) is 0. The van der Waals surface area contributed by atoms with Crippen molar-refractivity contribution in [1.29, 1.82) is 5.26 Å². The van der Waals surface area contributed by atoms with Crippen molar-refractivity contribution in [2.75, 3.05) is 5.73 Å². The summed E-state index contributed by atoms with van der Waals surface area (Å²) >= 11 is 1.90. The fraction of sp³-hybridized carbons (Fsp3) is 0.0769. The first kappa shape index (κ1) is 15.0. The minimum atomic E-state index is -0.570. The SMILES string of the molecule is N#Cc1cc(I)c(OCc2ccc(N)nc2)c([N+](=O)[O-])c1. The molecular formula is C13H9IN4O3. The number of aromatic nitrogens is 1. The predicted molar refractivity (Wildman–Crippen MR) is 83.5 cm³/mol. The summed E-state index contributed by atoms with van der Waals surface area (Å²) in [4.78, 5) is 14.4. The van der Waals surface area contributed by atoms with Crippen molar-refractivity contribution >= 4 is 34.1 Å². The van der Waals surface area contributed by atoms with Gasteiger partial charge in [-0.05, 0) is 34.7 Å². The van der Waals surface area contributed by atoms with E-state index >= 15 is 0 Å². The monoisotopic (exact) mass is 396 g/mol. The van der Waals surface area contributed by atoms with Crippen molar-refractivity contribution in [2.45, 2.75) is 6.61 Å². The van der Waals surface area contributed by atoms with E-state index in [4.69, 9.17) is 15.7 Å². The Morgan fingerprint density at radius 3 is 2.81 bits per heavy atom. The summed E-state index contributed by atoms with van der Waals surface area (Å²) in [5, 5.41) is 19.9. The minimum Gasteiger partial charge on any atom is -0.481 e. The molecule has 21 heavy (non-hydrogen) atoms. The topological polar surface area (TPSA) is 115 Å². The maximum Gasteiger partial charge on any atom is 0.313 e. The van der Waals surface area contributed by atoms with Crippen molar-refractivity contribution in [3.8, 4) is 11.8 Å². The van der Waals surface area contributed by atoms with Gasteiger partial charge in [0.1, 0.15) is 12.4 Å². The molecule has 0 amide bonds. The molecule has 2 rings (SSSR count). The quantitative estimate of drug-likeness (QED) is 0.483. The van der Waals surface area contributed by atoms with E-state index in [1.54, 1.807) is 12.1 Å². The number of pyridine rings is 1. The number of ether oxygens (including phenoxy) is 1. The van der Waals surface area contributed by atoms with Crippen molar-refractivity contribution in [3.05, 3.63) is 55.3 Å². The number of rotatable bonds is 4. The molecule has 8 heteroatoms. The van der Waals surface area contributed by atoms with Gasteiger partial charge in [0.05, 0.1) is 20.1 Å². The standard InChI is InChI=1S/C13H9IN4O3/c14-10-3-9(5-15)4-11(18(19)20)13(10)21-7-8-1-2-12(16)17-6-8/h1-4,6H,7H2,(H2,16,17). The number of benzene rings is 1. The number of hydrogen-bond acceptors (Lipinski definition) is 6. The van der Waals surface area contributed by atoms with Gasteiger partial charge in [0, 0.05) is 17.8 Å². The number of nitrogen functional groups attached to an aromatic ring is 1. The molecule has 0 aliphatic heterocycles. The zero-order chi connectivity index (χ0) is 15.4. The summed E-state index contributed by atoms with van der Waals surface area (Å²) in [5.74, 6) is 0.522. The van der Waals surface area contributed by atoms with Crippen LogP contribution in [-0.2, 0) is 6.61 Å². The van der Waals surface area contributed by atoms with Gasteiger partial charge in [0.15, 0.2) is 0 Å². The van der Waals surface area contributed by atoms with Crippen LogP contribution in [0.1, 0.15) is 11.1 Å². The predicted octanol–water partition coefficient (Wildman–Crippen LogP) is 2.63. The molecule has 0 aliphatic carbocycles. The van der Waals surface area contributed by atoms with Crippen LogP contribution in [0.2, 0.25) is 0 Å². The lowest BCUT2D eigenvalue weighted by molar-refractivity contribution is -0.386. The molecule has 106 valence electrons. The Morgan fingerprint density at radius 1 is 1.48 bits per heavy atom. The minimum absolute atomic E-state index is 0.121. The molecule has 0 saturated carbocycles. The zero-order valence-corrected chi connectivity index (χ0v) is 12.8. The lowest BCUT2D eigenvalue weighted by Gasteiger charge is -2.09. The highest BCUT2D eigenvalue weighted by atomic mass is 127. The van der Waals surface area contributed by atoms with Crippen molar-refractivity contribution < 1.29 is 9.66 Å². The molecular weight excluding hydrogens is 387 g/mol. The van der Waals surface area contributed by atoms with Crippen LogP contribution in [0.5, 0.6) is 5.75 Å². The third kappa shape index (κ3) is 3.57. The number of nitrogens with zero attached hydrogens (tertiary/aromatic N) is 3. The molecule has 1 aromatic carbocycles. The highest BCUT2D eigenvalue weighted by molar-refractivity contribution is 14.1. The number of nitro benzene ring substituents is 1. The molecule has 7 nitrogen and oxygen atoms in total. The molecule has 2 N–H and O–H groups in total. The van der Waals surface area contributed by atoms with Gasteiger partial charge in [-0.3, -0.25) is 10.1 Å². The van der Waals surface area contributed by atoms with Crippen LogP contribution in [-0.4, -0.2) is 9.91 Å². The van der Waals surface area contributed by atoms with E-state index in [0.29, 0.717) is 9.39 Å². The Morgan fingerprint density at radius 2 is 2.24 bits per heavy atom. The lowest BCUT2D eigenvalue weighted by atomic mass is 10.2. The average Bonchev–Trinajstić information content (AvgIpc) is 2.46. The largest absolute Gasteiger partial charge is 0.481 e. The van der Waals surface area contributed by atoms with E-state index in [-0.39, 0.29) is 23.6 Å². The molecule has 0 bridgehead atoms. The van der Waals surface area contributed by atoms with Crippen LogP contribution < -0.4 is 10.5 Å². The molecule has 1 heterocycles. The van der Waals surface area contributed by atoms with Crippen LogP contribution in [0.15, 0.2) is 30.5 Å². The third-order valence-corrected chi connectivity index (χ3v) is 3.38. The Labute approximate surface area is 133 Å². The van der Waals surface area contributed by atoms with Crippen LogP contribution in [0.25, 0.3) is 0 Å². The molecule has 0 spiro atoms. The van der Waals surface area contributed by atoms with Crippen LogP contribution >= 0.6 is 22.6 Å². The molecule has 0 unspecified atom stereocenters. The van der Waals surface area contributed by atoms with Gasteiger partial charge in [-0.2, -0.15) is 5.26 Å². The normalized spacial score (nSPS) is 9.90. The van der Waals surface area contributed by atoms with E-state index in [0.717, 1.165) is 5.56 Å². The van der Waals surface area contributed by atoms with Crippen LogP contribution in [0.3, 0.4) is 0 Å². The van der Waals surface area contributed by atoms with Crippen LogP contribution in [0, 0.1) is 25.0 Å². The van der Waals surface area contributed by atoms with E-state index < -0.39 is 4.92 Å². The van der Waals surface area contributed by atoms with E-state index in [1.165, 1.54) is 18.3 Å². The Balaban J connectivity index is 2.29. The second-order valence-corrected chi connectivity index (χ2v) is 5.22. The number of nitrogens with two attached hydrogens (primary N) is 1. The molecule has 1 aromatic heterocycles. The Bertz CT molecular complexity index is 725. The highest BCUT2D eigenvalue weighted by Gasteiger charge is 2.20. The first-order valence-corrected chi connectivity index (χ1v) is 6.80. The average molecular weight is 396 g/mol. The van der Waals surface area contributed by atoms with Crippen LogP contribution in [0.4, 0.5) is 11.5 Å². The van der Waals surface area contributed by atoms with Gasteiger partial charge >= 0.3 is 5.69 Å². The number of nitriles is 1. The van der Waals surface area contributed by atoms with Crippen molar-refractivity contribution in [1.82, 2.24) is 4.98 Å². The molecule has 2 aromatic rings. The summed E-state index contributed by atoms with van der Waals surface area (Å²) in [6, 6.07) is 7.96. The summed E-state index contributed by atoms with van der Waals surface area (Å²) in [6.07, 6.45) is 1.54. The van der Waals surface area contributed by atoms with Gasteiger partial charge in [0.25, 0.3) is 0 Å². The third-order valence-electron chi connectivity index (χ3n) is 2.58. The van der Waals surface area contributed by atoms with Gasteiger partial charge < -0.3 is 10.5 Å². The Kier molecular flexibility index (Phi) is 4.54. The molecule has 0 saturated heterocycles. The number of hydrogen-bond donors (Lipinski definition) is 1.